The Morgan fingerprint density at radius 2 is 2.07 bits per heavy atom. The Hall–Kier alpha value is -2.69. The van der Waals surface area contributed by atoms with Gasteiger partial charge in [-0.1, -0.05) is 25.2 Å². The number of amides is 2. The zero-order valence-corrected chi connectivity index (χ0v) is 16.7. The summed E-state index contributed by atoms with van der Waals surface area (Å²) in [5, 5.41) is 13.2. The molecule has 2 amide bonds. The fourth-order valence-electron chi connectivity index (χ4n) is 2.31. The van der Waals surface area contributed by atoms with E-state index in [9.17, 15) is 22.8 Å². The summed E-state index contributed by atoms with van der Waals surface area (Å²) in [6.45, 7) is 3.94. The maximum Gasteiger partial charge on any atom is 0.573 e. The van der Waals surface area contributed by atoms with Crippen LogP contribution in [0.1, 0.15) is 33.1 Å². The zero-order valence-electron chi connectivity index (χ0n) is 15.9. The molecule has 0 aliphatic rings. The van der Waals surface area contributed by atoms with Crippen LogP contribution >= 0.6 is 11.3 Å². The molecule has 0 unspecified atom stereocenters. The lowest BCUT2D eigenvalue weighted by molar-refractivity contribution is -0.274. The van der Waals surface area contributed by atoms with Crippen LogP contribution in [-0.2, 0) is 9.59 Å². The van der Waals surface area contributed by atoms with Gasteiger partial charge in [-0.2, -0.15) is 0 Å². The number of rotatable bonds is 9. The molecule has 2 aromatic rings. The summed E-state index contributed by atoms with van der Waals surface area (Å²) in [6.07, 6.45) is -3.59. The summed E-state index contributed by atoms with van der Waals surface area (Å²) in [5.41, 5.74) is 0.455. The smallest absolute Gasteiger partial charge is 0.406 e. The molecule has 11 heteroatoms. The summed E-state index contributed by atoms with van der Waals surface area (Å²) in [5.74, 6) is -1.26. The van der Waals surface area contributed by atoms with E-state index in [-0.39, 0.29) is 41.4 Å². The SMILES string of the molecule is CC[C@H](C)C(=N)C(=O)NCCCC(=O)Nc1nc2ccc(OC(F)(F)F)cc2s1. The number of carbonyl (C=O) groups excluding carboxylic acids is 2. The number of carbonyl (C=O) groups is 2. The number of benzene rings is 1. The van der Waals surface area contributed by atoms with Crippen molar-refractivity contribution < 1.29 is 27.5 Å². The van der Waals surface area contributed by atoms with Crippen LogP contribution in [0, 0.1) is 11.3 Å². The Morgan fingerprint density at radius 1 is 1.34 bits per heavy atom. The molecule has 0 bridgehead atoms. The molecule has 0 spiro atoms. The summed E-state index contributed by atoms with van der Waals surface area (Å²) in [4.78, 5) is 27.9. The highest BCUT2D eigenvalue weighted by Crippen LogP contribution is 2.31. The van der Waals surface area contributed by atoms with Gasteiger partial charge in [0, 0.05) is 24.9 Å². The number of aromatic nitrogens is 1. The average Bonchev–Trinajstić information content (AvgIpc) is 3.03. The minimum Gasteiger partial charge on any atom is -0.406 e. The van der Waals surface area contributed by atoms with Gasteiger partial charge in [0.1, 0.15) is 5.75 Å². The van der Waals surface area contributed by atoms with Gasteiger partial charge in [0.2, 0.25) is 5.91 Å². The van der Waals surface area contributed by atoms with Crippen molar-refractivity contribution in [3.05, 3.63) is 18.2 Å². The highest BCUT2D eigenvalue weighted by Gasteiger charge is 2.31. The van der Waals surface area contributed by atoms with Gasteiger partial charge in [0.15, 0.2) is 5.13 Å². The molecule has 0 saturated heterocycles. The number of nitrogens with zero attached hydrogens (tertiary/aromatic N) is 1. The molecule has 0 radical (unpaired) electrons. The maximum atomic E-state index is 12.3. The minimum atomic E-state index is -4.78. The molecule has 7 nitrogen and oxygen atoms in total. The molecule has 1 atom stereocenters. The quantitative estimate of drug-likeness (QED) is 0.412. The van der Waals surface area contributed by atoms with Gasteiger partial charge in [-0.25, -0.2) is 4.98 Å². The molecule has 0 aliphatic carbocycles. The van der Waals surface area contributed by atoms with E-state index in [1.54, 1.807) is 6.92 Å². The van der Waals surface area contributed by atoms with Gasteiger partial charge in [-0.05, 0) is 25.0 Å². The first-order chi connectivity index (χ1) is 13.6. The van der Waals surface area contributed by atoms with E-state index in [0.717, 1.165) is 17.4 Å². The van der Waals surface area contributed by atoms with E-state index >= 15 is 0 Å². The van der Waals surface area contributed by atoms with Crippen molar-refractivity contribution in [2.75, 3.05) is 11.9 Å². The van der Waals surface area contributed by atoms with Crippen molar-refractivity contribution in [1.82, 2.24) is 10.3 Å². The molecule has 0 aliphatic heterocycles. The van der Waals surface area contributed by atoms with Crippen molar-refractivity contribution in [1.29, 1.82) is 5.41 Å². The predicted octanol–water partition coefficient (Wildman–Crippen LogP) is 4.10. The Kier molecular flexibility index (Phi) is 7.54. The van der Waals surface area contributed by atoms with Crippen molar-refractivity contribution in [3.63, 3.8) is 0 Å². The summed E-state index contributed by atoms with van der Waals surface area (Å²) < 4.78 is 41.2. The molecule has 158 valence electrons. The molecule has 29 heavy (non-hydrogen) atoms. The van der Waals surface area contributed by atoms with Crippen LogP contribution in [0.5, 0.6) is 5.75 Å². The molecule has 1 aromatic carbocycles. The Balaban J connectivity index is 1.82. The van der Waals surface area contributed by atoms with Crippen molar-refractivity contribution in [2.45, 2.75) is 39.5 Å². The second-order valence-corrected chi connectivity index (χ2v) is 7.36. The van der Waals surface area contributed by atoms with E-state index < -0.39 is 12.3 Å². The first-order valence-corrected chi connectivity index (χ1v) is 9.73. The van der Waals surface area contributed by atoms with Gasteiger partial charge in [-0.15, -0.1) is 13.2 Å². The van der Waals surface area contributed by atoms with Crippen LogP contribution < -0.4 is 15.4 Å². The molecule has 2 rings (SSSR count). The van der Waals surface area contributed by atoms with Crippen molar-refractivity contribution >= 4 is 44.2 Å². The third-order valence-corrected chi connectivity index (χ3v) is 4.99. The van der Waals surface area contributed by atoms with E-state index in [1.165, 1.54) is 12.1 Å². The van der Waals surface area contributed by atoms with Gasteiger partial charge in [0.05, 0.1) is 15.9 Å². The molecule has 0 fully saturated rings. The molecule has 1 heterocycles. The van der Waals surface area contributed by atoms with Crippen LogP contribution in [-0.4, -0.2) is 35.4 Å². The van der Waals surface area contributed by atoms with Crippen LogP contribution in [0.4, 0.5) is 18.3 Å². The molecule has 3 N–H and O–H groups in total. The summed E-state index contributed by atoms with van der Waals surface area (Å²) >= 11 is 1.03. The first kappa shape index (κ1) is 22.6. The normalized spacial score (nSPS) is 12.4. The van der Waals surface area contributed by atoms with Crippen molar-refractivity contribution in [2.24, 2.45) is 5.92 Å². The second-order valence-electron chi connectivity index (χ2n) is 6.33. The van der Waals surface area contributed by atoms with E-state index in [0.29, 0.717) is 23.1 Å². The van der Waals surface area contributed by atoms with Crippen LogP contribution in [0.15, 0.2) is 18.2 Å². The standard InChI is InChI=1S/C18H21F3N4O3S/c1-3-10(2)15(22)16(27)23-8-4-5-14(26)25-17-24-12-7-6-11(9-13(12)29-17)28-18(19,20)21/h6-7,9-10,22H,3-5,8H2,1-2H3,(H,23,27)(H,24,25,26)/t10-/m0/s1. The summed E-state index contributed by atoms with van der Waals surface area (Å²) in [7, 11) is 0. The number of alkyl halides is 3. The summed E-state index contributed by atoms with van der Waals surface area (Å²) in [6, 6.07) is 3.74. The van der Waals surface area contributed by atoms with Crippen LogP contribution in [0.3, 0.4) is 0 Å². The zero-order chi connectivity index (χ0) is 21.6. The first-order valence-electron chi connectivity index (χ1n) is 8.92. The number of ether oxygens (including phenoxy) is 1. The third kappa shape index (κ3) is 7.00. The topological polar surface area (TPSA) is 104 Å². The number of halogens is 3. The Labute approximate surface area is 169 Å². The predicted molar refractivity (Wildman–Crippen MR) is 104 cm³/mol. The lowest BCUT2D eigenvalue weighted by Crippen LogP contribution is -2.34. The Bertz CT molecular complexity index is 898. The number of anilines is 1. The number of hydrogen-bond donors (Lipinski definition) is 3. The van der Waals surface area contributed by atoms with E-state index in [2.05, 4.69) is 20.4 Å². The molecule has 1 aromatic heterocycles. The number of nitrogens with one attached hydrogen (secondary N) is 3. The van der Waals surface area contributed by atoms with E-state index in [4.69, 9.17) is 5.41 Å². The van der Waals surface area contributed by atoms with Gasteiger partial charge >= 0.3 is 6.36 Å². The van der Waals surface area contributed by atoms with Gasteiger partial charge in [0.25, 0.3) is 5.91 Å². The highest BCUT2D eigenvalue weighted by molar-refractivity contribution is 7.22. The van der Waals surface area contributed by atoms with Gasteiger partial charge < -0.3 is 15.4 Å². The fraction of sp³-hybridized carbons (Fsp3) is 0.444. The average molecular weight is 430 g/mol. The monoisotopic (exact) mass is 430 g/mol. The third-order valence-electron chi connectivity index (χ3n) is 4.06. The number of fused-ring (bicyclic) bond motifs is 1. The minimum absolute atomic E-state index is 0.0142. The van der Waals surface area contributed by atoms with Crippen LogP contribution in [0.25, 0.3) is 10.2 Å². The fourth-order valence-corrected chi connectivity index (χ4v) is 3.22. The maximum absolute atomic E-state index is 12.3. The molecule has 0 saturated carbocycles. The Morgan fingerprint density at radius 3 is 2.72 bits per heavy atom. The molecular weight excluding hydrogens is 409 g/mol. The van der Waals surface area contributed by atoms with Crippen molar-refractivity contribution in [3.8, 4) is 5.75 Å². The highest BCUT2D eigenvalue weighted by atomic mass is 32.1. The lowest BCUT2D eigenvalue weighted by Gasteiger charge is -2.10. The number of hydrogen-bond acceptors (Lipinski definition) is 6. The molecular formula is C18H21F3N4O3S. The lowest BCUT2D eigenvalue weighted by atomic mass is 10.0. The number of thiazole rings is 1. The van der Waals surface area contributed by atoms with Crippen LogP contribution in [0.2, 0.25) is 0 Å². The largest absolute Gasteiger partial charge is 0.573 e. The second kappa shape index (κ2) is 9.68. The van der Waals surface area contributed by atoms with E-state index in [1.807, 2.05) is 6.92 Å². The van der Waals surface area contributed by atoms with Gasteiger partial charge in [-0.3, -0.25) is 15.0 Å².